The maximum atomic E-state index is 13.5. The van der Waals surface area contributed by atoms with Crippen LogP contribution in [-0.4, -0.2) is 85.3 Å². The van der Waals surface area contributed by atoms with Crippen molar-refractivity contribution < 1.29 is 18.2 Å². The van der Waals surface area contributed by atoms with Crippen LogP contribution in [-0.2, 0) is 20.3 Å². The summed E-state index contributed by atoms with van der Waals surface area (Å²) in [6.07, 6.45) is 10.3. The van der Waals surface area contributed by atoms with Crippen LogP contribution in [0.15, 0.2) is 59.7 Å². The van der Waals surface area contributed by atoms with Gasteiger partial charge < -0.3 is 29.6 Å². The van der Waals surface area contributed by atoms with E-state index in [0.29, 0.717) is 62.9 Å². The molecular formula is C31H33BrN9O4PS. The SMILES string of the molecule is COc1cc(N2CCOCC2)c(-c2cnn(S(=O)C3CC3)c2)cc1Nc1ncc(Br)c(Nc2ccc3nccnc3c2P(C)(C)=O)n1. The molecule has 1 saturated heterocycles. The molecule has 2 fully saturated rings. The predicted octanol–water partition coefficient (Wildman–Crippen LogP) is 5.30. The molecule has 7 rings (SSSR count). The number of hydrogen-bond donors (Lipinski definition) is 2. The fourth-order valence-electron chi connectivity index (χ4n) is 5.53. The van der Waals surface area contributed by atoms with Crippen LogP contribution in [0.3, 0.4) is 0 Å². The number of nitrogens with one attached hydrogen (secondary N) is 2. The number of benzene rings is 2. The average Bonchev–Trinajstić information content (AvgIpc) is 3.81. The predicted molar refractivity (Wildman–Crippen MR) is 189 cm³/mol. The van der Waals surface area contributed by atoms with Gasteiger partial charge in [-0.15, -0.1) is 0 Å². The Morgan fingerprint density at radius 3 is 2.57 bits per heavy atom. The molecule has 47 heavy (non-hydrogen) atoms. The number of rotatable bonds is 10. The Morgan fingerprint density at radius 2 is 1.83 bits per heavy atom. The van der Waals surface area contributed by atoms with Crippen LogP contribution in [0.4, 0.5) is 28.8 Å². The minimum absolute atomic E-state index is 0.159. The number of nitrogens with zero attached hydrogens (tertiary/aromatic N) is 7. The van der Waals surface area contributed by atoms with Crippen LogP contribution in [0.2, 0.25) is 0 Å². The van der Waals surface area contributed by atoms with E-state index in [1.54, 1.807) is 49.3 Å². The van der Waals surface area contributed by atoms with Crippen molar-refractivity contribution in [2.24, 2.45) is 0 Å². The summed E-state index contributed by atoms with van der Waals surface area (Å²) >= 11 is 3.56. The van der Waals surface area contributed by atoms with Crippen molar-refractivity contribution in [3.05, 3.63) is 59.7 Å². The Kier molecular flexibility index (Phi) is 8.73. The highest BCUT2D eigenvalue weighted by Gasteiger charge is 2.31. The second-order valence-electron chi connectivity index (χ2n) is 11.7. The van der Waals surface area contributed by atoms with Crippen LogP contribution in [0.25, 0.3) is 22.2 Å². The second kappa shape index (κ2) is 12.9. The Balaban J connectivity index is 1.25. The largest absolute Gasteiger partial charge is 0.494 e. The van der Waals surface area contributed by atoms with Gasteiger partial charge >= 0.3 is 0 Å². The molecular weight excluding hydrogens is 705 g/mol. The first-order valence-electron chi connectivity index (χ1n) is 15.1. The first-order chi connectivity index (χ1) is 22.7. The molecule has 0 amide bonds. The van der Waals surface area contributed by atoms with Crippen LogP contribution in [0.5, 0.6) is 5.75 Å². The number of anilines is 5. The Labute approximate surface area is 282 Å². The van der Waals surface area contributed by atoms with Crippen LogP contribution < -0.4 is 25.6 Å². The maximum Gasteiger partial charge on any atom is 0.229 e. The molecule has 16 heteroatoms. The lowest BCUT2D eigenvalue weighted by Crippen LogP contribution is -2.36. The third kappa shape index (κ3) is 6.62. The van der Waals surface area contributed by atoms with E-state index >= 15 is 0 Å². The van der Waals surface area contributed by atoms with Gasteiger partial charge in [-0.3, -0.25) is 9.97 Å². The minimum Gasteiger partial charge on any atom is -0.494 e. The van der Waals surface area contributed by atoms with E-state index in [4.69, 9.17) is 14.5 Å². The van der Waals surface area contributed by atoms with Gasteiger partial charge in [0.2, 0.25) is 5.95 Å². The van der Waals surface area contributed by atoms with Crippen molar-refractivity contribution in [2.75, 3.05) is 62.3 Å². The van der Waals surface area contributed by atoms with E-state index in [1.807, 2.05) is 30.5 Å². The normalized spacial score (nSPS) is 15.9. The smallest absolute Gasteiger partial charge is 0.229 e. The number of methoxy groups -OCH3 is 1. The molecule has 1 aliphatic heterocycles. The van der Waals surface area contributed by atoms with Crippen molar-refractivity contribution in [3.63, 3.8) is 0 Å². The number of hydrogen-bond acceptors (Lipinski definition) is 12. The average molecular weight is 739 g/mol. The van der Waals surface area contributed by atoms with Crippen molar-refractivity contribution in [2.45, 2.75) is 18.1 Å². The molecule has 244 valence electrons. The Hall–Kier alpha value is -3.91. The van der Waals surface area contributed by atoms with E-state index in [1.165, 1.54) is 0 Å². The van der Waals surface area contributed by atoms with E-state index in [0.717, 1.165) is 42.7 Å². The first-order valence-corrected chi connectivity index (χ1v) is 19.6. The zero-order chi connectivity index (χ0) is 32.7. The summed E-state index contributed by atoms with van der Waals surface area (Å²) in [6.45, 7) is 6.10. The molecule has 3 aromatic heterocycles. The van der Waals surface area contributed by atoms with Gasteiger partial charge in [-0.05, 0) is 60.3 Å². The topological polar surface area (TPSA) is 149 Å². The van der Waals surface area contributed by atoms with Gasteiger partial charge in [0.05, 0.1) is 58.4 Å². The molecule has 1 unspecified atom stereocenters. The quantitative estimate of drug-likeness (QED) is 0.179. The summed E-state index contributed by atoms with van der Waals surface area (Å²) in [5.41, 5.74) is 5.19. The molecule has 5 aromatic rings. The molecule has 1 saturated carbocycles. The van der Waals surface area contributed by atoms with Gasteiger partial charge in [0.1, 0.15) is 35.2 Å². The summed E-state index contributed by atoms with van der Waals surface area (Å²) in [7, 11) is -2.36. The molecule has 0 bridgehead atoms. The maximum absolute atomic E-state index is 13.5. The zero-order valence-electron chi connectivity index (χ0n) is 26.0. The highest BCUT2D eigenvalue weighted by Crippen LogP contribution is 2.43. The fourth-order valence-corrected chi connectivity index (χ4v) is 8.41. The third-order valence-electron chi connectivity index (χ3n) is 7.93. The number of aromatic nitrogens is 6. The van der Waals surface area contributed by atoms with Crippen molar-refractivity contribution in [3.8, 4) is 16.9 Å². The number of ether oxygens (including phenoxy) is 2. The van der Waals surface area contributed by atoms with Gasteiger partial charge in [0, 0.05) is 60.8 Å². The van der Waals surface area contributed by atoms with E-state index < -0.39 is 18.1 Å². The number of morpholine rings is 1. The fraction of sp³-hybridized carbons (Fsp3) is 0.323. The highest BCUT2D eigenvalue weighted by atomic mass is 79.9. The van der Waals surface area contributed by atoms with Gasteiger partial charge in [0.25, 0.3) is 0 Å². The van der Waals surface area contributed by atoms with E-state index in [-0.39, 0.29) is 5.25 Å². The summed E-state index contributed by atoms with van der Waals surface area (Å²) in [4.78, 5) is 20.4. The molecule has 0 spiro atoms. The third-order valence-corrected chi connectivity index (χ3v) is 11.7. The van der Waals surface area contributed by atoms with Crippen molar-refractivity contribution in [1.82, 2.24) is 29.1 Å². The summed E-state index contributed by atoms with van der Waals surface area (Å²) in [5, 5.41) is 11.9. The van der Waals surface area contributed by atoms with Crippen molar-refractivity contribution >= 4 is 79.2 Å². The van der Waals surface area contributed by atoms with E-state index in [9.17, 15) is 8.77 Å². The molecule has 2 N–H and O–H groups in total. The second-order valence-corrected chi connectivity index (χ2v) is 17.2. The molecule has 1 aliphatic carbocycles. The molecule has 2 aromatic carbocycles. The first kappa shape index (κ1) is 31.7. The summed E-state index contributed by atoms with van der Waals surface area (Å²) < 4.78 is 40.0. The lowest BCUT2D eigenvalue weighted by molar-refractivity contribution is 0.122. The van der Waals surface area contributed by atoms with Crippen LogP contribution >= 0.6 is 23.1 Å². The van der Waals surface area contributed by atoms with Gasteiger partial charge in [-0.2, -0.15) is 14.2 Å². The van der Waals surface area contributed by atoms with Crippen molar-refractivity contribution in [1.29, 1.82) is 0 Å². The standard InChI is InChI=1S/C31H33BrN9O4PS/c1-44-27-15-26(40-10-12-45-13-11-40)21(19-16-36-41(18-19)47(43)20-4-5-20)14-25(27)38-31-35-17-22(32)30(39-31)37-24-7-6-23-28(34-9-8-33-23)29(24)46(2,3)42/h6-9,14-18,20H,4-5,10-13H2,1-3H3,(H2,35,37,38,39). The molecule has 1 atom stereocenters. The molecule has 4 heterocycles. The molecule has 13 nitrogen and oxygen atoms in total. The Bertz CT molecular complexity index is 2050. The molecule has 2 aliphatic rings. The minimum atomic E-state index is -2.78. The summed E-state index contributed by atoms with van der Waals surface area (Å²) in [6, 6.07) is 7.64. The van der Waals surface area contributed by atoms with Gasteiger partial charge in [-0.25, -0.2) is 9.19 Å². The van der Waals surface area contributed by atoms with Gasteiger partial charge in [0.15, 0.2) is 0 Å². The lowest BCUT2D eigenvalue weighted by atomic mass is 10.0. The number of halogens is 1. The lowest BCUT2D eigenvalue weighted by Gasteiger charge is -2.31. The summed E-state index contributed by atoms with van der Waals surface area (Å²) in [5.74, 6) is 1.37. The highest BCUT2D eigenvalue weighted by molar-refractivity contribution is 9.10. The zero-order valence-corrected chi connectivity index (χ0v) is 29.3. The number of fused-ring (bicyclic) bond motifs is 1. The van der Waals surface area contributed by atoms with E-state index in [2.05, 4.69) is 51.5 Å². The van der Waals surface area contributed by atoms with Crippen LogP contribution in [0, 0.1) is 0 Å². The van der Waals surface area contributed by atoms with Gasteiger partial charge in [-0.1, -0.05) is 0 Å². The Morgan fingerprint density at radius 1 is 1.04 bits per heavy atom. The monoisotopic (exact) mass is 737 g/mol. The molecule has 0 radical (unpaired) electrons. The van der Waals surface area contributed by atoms with Crippen LogP contribution in [0.1, 0.15) is 12.8 Å².